The molecule has 3 aromatic rings. The maximum absolute atomic E-state index is 12.4. The first kappa shape index (κ1) is 21.6. The number of hydrogen-bond donors (Lipinski definition) is 3. The normalized spacial score (nSPS) is 14.5. The van der Waals surface area contributed by atoms with E-state index in [0.29, 0.717) is 11.3 Å². The van der Waals surface area contributed by atoms with Gasteiger partial charge in [0.15, 0.2) is 0 Å². The zero-order valence-electron chi connectivity index (χ0n) is 18.0. The Labute approximate surface area is 188 Å². The van der Waals surface area contributed by atoms with E-state index in [0.717, 1.165) is 38.2 Å². The topological polar surface area (TPSA) is 73.5 Å². The zero-order valence-corrected chi connectivity index (χ0v) is 18.0. The summed E-state index contributed by atoms with van der Waals surface area (Å²) in [6.07, 6.45) is 1.86. The average Bonchev–Trinajstić information content (AvgIpc) is 2.82. The number of benzene rings is 3. The summed E-state index contributed by atoms with van der Waals surface area (Å²) >= 11 is 0. The van der Waals surface area contributed by atoms with Crippen LogP contribution >= 0.6 is 0 Å². The van der Waals surface area contributed by atoms with Crippen LogP contribution in [0.2, 0.25) is 0 Å². The Kier molecular flexibility index (Phi) is 7.15. The lowest BCUT2D eigenvalue weighted by molar-refractivity contribution is 0.102. The van der Waals surface area contributed by atoms with Crippen molar-refractivity contribution in [1.29, 1.82) is 0 Å². The molecule has 3 N–H and O–H groups in total. The van der Waals surface area contributed by atoms with Gasteiger partial charge in [-0.05, 0) is 54.8 Å². The molecule has 0 saturated carbocycles. The van der Waals surface area contributed by atoms with Gasteiger partial charge in [0.25, 0.3) is 5.91 Å². The van der Waals surface area contributed by atoms with Crippen molar-refractivity contribution in [1.82, 2.24) is 10.2 Å². The standard InChI is InChI=1S/C26H28N4O2/c31-25(27-22-9-5-2-6-10-22)21-11-13-23(14-12-21)28-26(32)29-24-15-17-30(18-16-24)19-20-7-3-1-4-8-20/h1-14,24H,15-19H2,(H,27,31)(H2,28,29,32). The van der Waals surface area contributed by atoms with Crippen molar-refractivity contribution in [2.24, 2.45) is 0 Å². The second kappa shape index (κ2) is 10.6. The molecule has 0 atom stereocenters. The Morgan fingerprint density at radius 3 is 2.00 bits per heavy atom. The molecule has 0 spiro atoms. The van der Waals surface area contributed by atoms with Gasteiger partial charge in [-0.1, -0.05) is 48.5 Å². The number of carbonyl (C=O) groups is 2. The van der Waals surface area contributed by atoms with Crippen LogP contribution in [0.25, 0.3) is 0 Å². The summed E-state index contributed by atoms with van der Waals surface area (Å²) in [5.74, 6) is -0.186. The second-order valence-corrected chi connectivity index (χ2v) is 8.03. The minimum Gasteiger partial charge on any atom is -0.335 e. The molecule has 0 unspecified atom stereocenters. The minimum atomic E-state index is -0.215. The number of hydrogen-bond acceptors (Lipinski definition) is 3. The van der Waals surface area contributed by atoms with Crippen LogP contribution in [0.15, 0.2) is 84.9 Å². The number of anilines is 2. The van der Waals surface area contributed by atoms with Crippen molar-refractivity contribution < 1.29 is 9.59 Å². The highest BCUT2D eigenvalue weighted by atomic mass is 16.2. The predicted octanol–water partition coefficient (Wildman–Crippen LogP) is 4.73. The first-order valence-electron chi connectivity index (χ1n) is 11.0. The number of amides is 3. The van der Waals surface area contributed by atoms with E-state index < -0.39 is 0 Å². The first-order chi connectivity index (χ1) is 15.7. The van der Waals surface area contributed by atoms with Crippen molar-refractivity contribution in [2.45, 2.75) is 25.4 Å². The third-order valence-electron chi connectivity index (χ3n) is 5.61. The first-order valence-corrected chi connectivity index (χ1v) is 11.0. The maximum atomic E-state index is 12.4. The molecular formula is C26H28N4O2. The van der Waals surface area contributed by atoms with Crippen LogP contribution < -0.4 is 16.0 Å². The number of carbonyl (C=O) groups excluding carboxylic acids is 2. The summed E-state index contributed by atoms with van der Waals surface area (Å²) in [5, 5.41) is 8.78. The number of urea groups is 1. The molecule has 0 aromatic heterocycles. The molecule has 164 valence electrons. The number of para-hydroxylation sites is 1. The van der Waals surface area contributed by atoms with Crippen molar-refractivity contribution in [3.05, 3.63) is 96.1 Å². The number of likely N-dealkylation sites (tertiary alicyclic amines) is 1. The van der Waals surface area contributed by atoms with Gasteiger partial charge in [0.05, 0.1) is 0 Å². The van der Waals surface area contributed by atoms with Crippen molar-refractivity contribution >= 4 is 23.3 Å². The summed E-state index contributed by atoms with van der Waals surface area (Å²) in [6.45, 7) is 2.88. The van der Waals surface area contributed by atoms with Gasteiger partial charge in [-0.25, -0.2) is 4.79 Å². The van der Waals surface area contributed by atoms with Crippen molar-refractivity contribution in [3.63, 3.8) is 0 Å². The lowest BCUT2D eigenvalue weighted by Gasteiger charge is -2.32. The second-order valence-electron chi connectivity index (χ2n) is 8.03. The SMILES string of the molecule is O=C(Nc1ccc(C(=O)Nc2ccccc2)cc1)NC1CCN(Cc2ccccc2)CC1. The molecule has 6 nitrogen and oxygen atoms in total. The molecule has 0 aliphatic carbocycles. The third kappa shape index (κ3) is 6.18. The molecule has 0 radical (unpaired) electrons. The molecule has 32 heavy (non-hydrogen) atoms. The molecule has 1 aliphatic heterocycles. The molecule has 0 bridgehead atoms. The quantitative estimate of drug-likeness (QED) is 0.532. The van der Waals surface area contributed by atoms with Gasteiger partial charge in [-0.2, -0.15) is 0 Å². The van der Waals surface area contributed by atoms with Crippen LogP contribution in [0.3, 0.4) is 0 Å². The smallest absolute Gasteiger partial charge is 0.319 e. The monoisotopic (exact) mass is 428 g/mol. The van der Waals surface area contributed by atoms with Crippen molar-refractivity contribution in [3.8, 4) is 0 Å². The van der Waals surface area contributed by atoms with E-state index in [2.05, 4.69) is 45.1 Å². The fourth-order valence-electron chi connectivity index (χ4n) is 3.86. The van der Waals surface area contributed by atoms with E-state index in [4.69, 9.17) is 0 Å². The molecule has 6 heteroatoms. The van der Waals surface area contributed by atoms with Gasteiger partial charge in [-0.15, -0.1) is 0 Å². The molecule has 1 heterocycles. The molecule has 4 rings (SSSR count). The summed E-state index contributed by atoms with van der Waals surface area (Å²) in [6, 6.07) is 26.6. The Hall–Kier alpha value is -3.64. The van der Waals surface area contributed by atoms with Gasteiger partial charge in [0.1, 0.15) is 0 Å². The van der Waals surface area contributed by atoms with Crippen LogP contribution in [-0.4, -0.2) is 36.0 Å². The molecule has 3 aromatic carbocycles. The van der Waals surface area contributed by atoms with E-state index in [1.165, 1.54) is 5.56 Å². The van der Waals surface area contributed by atoms with E-state index >= 15 is 0 Å². The average molecular weight is 429 g/mol. The van der Waals surface area contributed by atoms with E-state index in [1.807, 2.05) is 36.4 Å². The number of nitrogens with one attached hydrogen (secondary N) is 3. The number of piperidine rings is 1. The summed E-state index contributed by atoms with van der Waals surface area (Å²) in [5.41, 5.74) is 3.25. The highest BCUT2D eigenvalue weighted by Gasteiger charge is 2.20. The Morgan fingerprint density at radius 1 is 0.750 bits per heavy atom. The van der Waals surface area contributed by atoms with Crippen LogP contribution in [0.1, 0.15) is 28.8 Å². The lowest BCUT2D eigenvalue weighted by Crippen LogP contribution is -2.45. The highest BCUT2D eigenvalue weighted by Crippen LogP contribution is 2.15. The molecule has 3 amide bonds. The van der Waals surface area contributed by atoms with E-state index in [-0.39, 0.29) is 18.0 Å². The Balaban J connectivity index is 1.21. The van der Waals surface area contributed by atoms with Gasteiger partial charge in [-0.3, -0.25) is 9.69 Å². The van der Waals surface area contributed by atoms with Crippen LogP contribution in [-0.2, 0) is 6.54 Å². The summed E-state index contributed by atoms with van der Waals surface area (Å²) < 4.78 is 0. The molecule has 1 fully saturated rings. The van der Waals surface area contributed by atoms with E-state index in [1.54, 1.807) is 24.3 Å². The highest BCUT2D eigenvalue weighted by molar-refractivity contribution is 6.04. The molecule has 1 aliphatic rings. The van der Waals surface area contributed by atoms with Gasteiger partial charge < -0.3 is 16.0 Å². The molecule has 1 saturated heterocycles. The largest absolute Gasteiger partial charge is 0.335 e. The fourth-order valence-corrected chi connectivity index (χ4v) is 3.86. The summed E-state index contributed by atoms with van der Waals surface area (Å²) in [7, 11) is 0. The third-order valence-corrected chi connectivity index (χ3v) is 5.61. The van der Waals surface area contributed by atoms with Crippen molar-refractivity contribution in [2.75, 3.05) is 23.7 Å². The van der Waals surface area contributed by atoms with E-state index in [9.17, 15) is 9.59 Å². The minimum absolute atomic E-state index is 0.165. The van der Waals surface area contributed by atoms with Gasteiger partial charge in [0.2, 0.25) is 0 Å². The van der Waals surface area contributed by atoms with Gasteiger partial charge >= 0.3 is 6.03 Å². The fraction of sp³-hybridized carbons (Fsp3) is 0.231. The molecular weight excluding hydrogens is 400 g/mol. The Morgan fingerprint density at radius 2 is 1.34 bits per heavy atom. The Bertz CT molecular complexity index is 1010. The predicted molar refractivity (Wildman–Crippen MR) is 128 cm³/mol. The van der Waals surface area contributed by atoms with Crippen LogP contribution in [0.4, 0.5) is 16.2 Å². The maximum Gasteiger partial charge on any atom is 0.319 e. The number of nitrogens with zero attached hydrogens (tertiary/aromatic N) is 1. The lowest BCUT2D eigenvalue weighted by atomic mass is 10.0. The zero-order chi connectivity index (χ0) is 22.2. The number of rotatable bonds is 6. The summed E-state index contributed by atoms with van der Waals surface area (Å²) in [4.78, 5) is 27.2. The van der Waals surface area contributed by atoms with Crippen LogP contribution in [0.5, 0.6) is 0 Å². The van der Waals surface area contributed by atoms with Gasteiger partial charge in [0, 0.05) is 42.6 Å². The van der Waals surface area contributed by atoms with Crippen LogP contribution in [0, 0.1) is 0 Å².